The van der Waals surface area contributed by atoms with Crippen molar-refractivity contribution in [3.8, 4) is 28.7 Å². The van der Waals surface area contributed by atoms with E-state index in [1.807, 2.05) is 6.07 Å². The van der Waals surface area contributed by atoms with Crippen LogP contribution in [0.4, 0.5) is 13.2 Å². The number of carbonyl (C=O) groups is 1. The number of carbonyl (C=O) groups excluding carboxylic acids is 1. The number of ether oxygens (including phenoxy) is 1. The van der Waals surface area contributed by atoms with Gasteiger partial charge in [-0.3, -0.25) is 4.79 Å². The molecule has 0 radical (unpaired) electrons. The normalized spacial score (nSPS) is 11.1. The predicted octanol–water partition coefficient (Wildman–Crippen LogP) is 2.81. The minimum atomic E-state index is -4.59. The lowest BCUT2D eigenvalue weighted by atomic mass is 10.1. The van der Waals surface area contributed by atoms with E-state index in [-0.39, 0.29) is 23.9 Å². The average Bonchev–Trinajstić information content (AvgIpc) is 3.09. The lowest BCUT2D eigenvalue weighted by Gasteiger charge is -2.07. The van der Waals surface area contributed by atoms with Crippen molar-refractivity contribution in [1.82, 2.24) is 25.0 Å². The van der Waals surface area contributed by atoms with E-state index in [9.17, 15) is 23.2 Å². The summed E-state index contributed by atoms with van der Waals surface area (Å²) in [5.74, 6) is -0.663. The number of nitrogens with zero attached hydrogens (tertiary/aromatic N) is 6. The lowest BCUT2D eigenvalue weighted by molar-refractivity contribution is -0.145. The van der Waals surface area contributed by atoms with Crippen molar-refractivity contribution in [3.63, 3.8) is 0 Å². The Kier molecular flexibility index (Phi) is 5.04. The molecule has 0 aliphatic carbocycles. The van der Waals surface area contributed by atoms with Crippen molar-refractivity contribution < 1.29 is 22.7 Å². The van der Waals surface area contributed by atoms with Crippen molar-refractivity contribution in [2.75, 3.05) is 0 Å². The quantitative estimate of drug-likeness (QED) is 0.633. The molecule has 0 saturated carbocycles. The molecule has 0 amide bonds. The maximum absolute atomic E-state index is 12.9. The van der Waals surface area contributed by atoms with E-state index < -0.39 is 17.8 Å². The van der Waals surface area contributed by atoms with E-state index >= 15 is 0 Å². The fraction of sp³-hybridized carbons (Fsp3) is 0.176. The second kappa shape index (κ2) is 7.43. The van der Waals surface area contributed by atoms with Gasteiger partial charge in [-0.05, 0) is 12.1 Å². The highest BCUT2D eigenvalue weighted by Gasteiger charge is 2.32. The number of alkyl halides is 3. The van der Waals surface area contributed by atoms with E-state index in [0.29, 0.717) is 11.1 Å². The van der Waals surface area contributed by atoms with Gasteiger partial charge in [-0.2, -0.15) is 18.4 Å². The molecule has 142 valence electrons. The minimum Gasteiger partial charge on any atom is -0.441 e. The standard InChI is InChI=1S/C17H11F3N6O2/c1-10(27)28-9-26-24-13(8-21)15(25-26)11-3-2-4-12(7-11)16-22-6-5-14(23-16)17(18,19)20/h2-7H,9H2,1H3. The molecule has 0 atom stereocenters. The maximum Gasteiger partial charge on any atom is 0.433 e. The van der Waals surface area contributed by atoms with Gasteiger partial charge in [0.25, 0.3) is 0 Å². The highest BCUT2D eigenvalue weighted by Crippen LogP contribution is 2.30. The van der Waals surface area contributed by atoms with Gasteiger partial charge < -0.3 is 4.74 Å². The number of esters is 1. The molecule has 11 heteroatoms. The molecule has 3 rings (SSSR count). The fourth-order valence-corrected chi connectivity index (χ4v) is 2.29. The van der Waals surface area contributed by atoms with E-state index in [4.69, 9.17) is 4.74 Å². The Morgan fingerprint density at radius 3 is 2.68 bits per heavy atom. The van der Waals surface area contributed by atoms with Gasteiger partial charge in [0.05, 0.1) is 0 Å². The molecule has 2 heterocycles. The first-order valence-corrected chi connectivity index (χ1v) is 7.77. The Morgan fingerprint density at radius 1 is 1.25 bits per heavy atom. The number of hydrogen-bond donors (Lipinski definition) is 0. The van der Waals surface area contributed by atoms with Crippen LogP contribution in [0.2, 0.25) is 0 Å². The van der Waals surface area contributed by atoms with E-state index in [1.165, 1.54) is 19.1 Å². The van der Waals surface area contributed by atoms with Gasteiger partial charge >= 0.3 is 12.1 Å². The third-order valence-corrected chi connectivity index (χ3v) is 3.48. The highest BCUT2D eigenvalue weighted by molar-refractivity contribution is 5.70. The van der Waals surface area contributed by atoms with E-state index in [0.717, 1.165) is 17.1 Å². The molecule has 1 aromatic carbocycles. The van der Waals surface area contributed by atoms with Gasteiger partial charge in [0.1, 0.15) is 17.5 Å². The van der Waals surface area contributed by atoms with Gasteiger partial charge in [-0.25, -0.2) is 9.97 Å². The first kappa shape index (κ1) is 19.0. The number of aromatic nitrogens is 5. The molecule has 0 N–H and O–H groups in total. The van der Waals surface area contributed by atoms with Gasteiger partial charge in [0.2, 0.25) is 6.73 Å². The van der Waals surface area contributed by atoms with Crippen LogP contribution in [0, 0.1) is 11.3 Å². The summed E-state index contributed by atoms with van der Waals surface area (Å²) in [7, 11) is 0. The summed E-state index contributed by atoms with van der Waals surface area (Å²) in [5, 5.41) is 17.3. The summed E-state index contributed by atoms with van der Waals surface area (Å²) >= 11 is 0. The first-order chi connectivity index (χ1) is 13.3. The number of rotatable bonds is 4. The van der Waals surface area contributed by atoms with Crippen LogP contribution in [0.25, 0.3) is 22.6 Å². The van der Waals surface area contributed by atoms with Crippen LogP contribution in [-0.2, 0) is 22.4 Å². The van der Waals surface area contributed by atoms with Crippen LogP contribution in [0.1, 0.15) is 18.3 Å². The molecule has 28 heavy (non-hydrogen) atoms. The SMILES string of the molecule is CC(=O)OCn1nc(C#N)c(-c2cccc(-c3nccc(C(F)(F)F)n3)c2)n1. The third-order valence-electron chi connectivity index (χ3n) is 3.48. The second-order valence-corrected chi connectivity index (χ2v) is 5.49. The third kappa shape index (κ3) is 4.12. The predicted molar refractivity (Wildman–Crippen MR) is 88.0 cm³/mol. The van der Waals surface area contributed by atoms with Crippen LogP contribution < -0.4 is 0 Å². The Bertz CT molecular complexity index is 1070. The first-order valence-electron chi connectivity index (χ1n) is 7.77. The molecule has 0 aliphatic rings. The highest BCUT2D eigenvalue weighted by atomic mass is 19.4. The van der Waals surface area contributed by atoms with Gasteiger partial charge in [0.15, 0.2) is 11.5 Å². The minimum absolute atomic E-state index is 0.0331. The lowest BCUT2D eigenvalue weighted by Crippen LogP contribution is -2.09. The molecule has 3 aromatic rings. The Balaban J connectivity index is 1.99. The number of halogens is 3. The van der Waals surface area contributed by atoms with Crippen molar-refractivity contribution >= 4 is 5.97 Å². The Morgan fingerprint density at radius 2 is 2.00 bits per heavy atom. The van der Waals surface area contributed by atoms with Crippen LogP contribution in [-0.4, -0.2) is 30.9 Å². The number of hydrogen-bond acceptors (Lipinski definition) is 7. The topological polar surface area (TPSA) is 107 Å². The summed E-state index contributed by atoms with van der Waals surface area (Å²) in [6.45, 7) is 0.939. The number of benzene rings is 1. The summed E-state index contributed by atoms with van der Waals surface area (Å²) in [5.41, 5.74) is -0.183. The molecule has 2 aromatic heterocycles. The molecular weight excluding hydrogens is 377 g/mol. The molecule has 0 fully saturated rings. The van der Waals surface area contributed by atoms with Crippen LogP contribution in [0.5, 0.6) is 0 Å². The Labute approximate surface area is 156 Å². The maximum atomic E-state index is 12.9. The summed E-state index contributed by atoms with van der Waals surface area (Å²) in [4.78, 5) is 19.4. The molecule has 0 unspecified atom stereocenters. The zero-order valence-corrected chi connectivity index (χ0v) is 14.3. The monoisotopic (exact) mass is 388 g/mol. The molecule has 0 aliphatic heterocycles. The molecular formula is C17H11F3N6O2. The molecule has 0 bridgehead atoms. The van der Waals surface area contributed by atoms with E-state index in [1.54, 1.807) is 12.1 Å². The largest absolute Gasteiger partial charge is 0.441 e. The zero-order valence-electron chi connectivity index (χ0n) is 14.3. The van der Waals surface area contributed by atoms with Crippen molar-refractivity contribution in [2.45, 2.75) is 19.8 Å². The van der Waals surface area contributed by atoms with Gasteiger partial charge in [-0.1, -0.05) is 18.2 Å². The summed E-state index contributed by atoms with van der Waals surface area (Å²) in [6.07, 6.45) is -3.57. The smallest absolute Gasteiger partial charge is 0.433 e. The van der Waals surface area contributed by atoms with Crippen LogP contribution in [0.15, 0.2) is 36.5 Å². The molecule has 0 saturated heterocycles. The van der Waals surface area contributed by atoms with Gasteiger partial charge in [-0.15, -0.1) is 15.0 Å². The fourth-order valence-electron chi connectivity index (χ4n) is 2.29. The van der Waals surface area contributed by atoms with E-state index in [2.05, 4.69) is 20.2 Å². The van der Waals surface area contributed by atoms with Crippen molar-refractivity contribution in [3.05, 3.63) is 47.9 Å². The average molecular weight is 388 g/mol. The number of nitriles is 1. The molecule has 0 spiro atoms. The zero-order chi connectivity index (χ0) is 20.3. The van der Waals surface area contributed by atoms with Crippen LogP contribution >= 0.6 is 0 Å². The summed E-state index contributed by atoms with van der Waals surface area (Å²) < 4.78 is 43.4. The van der Waals surface area contributed by atoms with Gasteiger partial charge in [0, 0.05) is 24.2 Å². The Hall–Kier alpha value is -3.81. The van der Waals surface area contributed by atoms with Crippen molar-refractivity contribution in [1.29, 1.82) is 5.26 Å². The summed E-state index contributed by atoms with van der Waals surface area (Å²) in [6, 6.07) is 8.87. The van der Waals surface area contributed by atoms with Crippen molar-refractivity contribution in [2.24, 2.45) is 0 Å². The second-order valence-electron chi connectivity index (χ2n) is 5.49. The molecule has 8 nitrogen and oxygen atoms in total. The van der Waals surface area contributed by atoms with Crippen LogP contribution in [0.3, 0.4) is 0 Å².